The minimum absolute atomic E-state index is 0.288. The van der Waals surface area contributed by atoms with E-state index >= 15 is 0 Å². The van der Waals surface area contributed by atoms with E-state index in [0.717, 1.165) is 11.4 Å². The Kier molecular flexibility index (Phi) is 2.71. The van der Waals surface area contributed by atoms with Crippen molar-refractivity contribution < 1.29 is 8.94 Å². The molecule has 3 rings (SSSR count). The summed E-state index contributed by atoms with van der Waals surface area (Å²) in [5.41, 5.74) is 1.73. The van der Waals surface area contributed by atoms with E-state index in [-0.39, 0.29) is 5.95 Å². The highest BCUT2D eigenvalue weighted by Gasteiger charge is 2.12. The molecule has 3 aromatic rings. The highest BCUT2D eigenvalue weighted by molar-refractivity contribution is 5.49. The van der Waals surface area contributed by atoms with Gasteiger partial charge in [-0.15, -0.1) is 0 Å². The van der Waals surface area contributed by atoms with Crippen LogP contribution in [-0.2, 0) is 0 Å². The predicted molar refractivity (Wildman–Crippen MR) is 66.8 cm³/mol. The summed E-state index contributed by atoms with van der Waals surface area (Å²) in [5, 5.41) is 6.68. The van der Waals surface area contributed by atoms with E-state index in [4.69, 9.17) is 8.94 Å². The third-order valence-electron chi connectivity index (χ3n) is 2.36. The zero-order chi connectivity index (χ0) is 13.2. The maximum Gasteiger partial charge on any atom is 0.295 e. The second kappa shape index (κ2) is 4.52. The van der Waals surface area contributed by atoms with Gasteiger partial charge in [0.2, 0.25) is 5.95 Å². The second-order valence-corrected chi connectivity index (χ2v) is 4.00. The lowest BCUT2D eigenvalue weighted by atomic mass is 10.4. The Labute approximate surface area is 108 Å². The molecule has 0 unspecified atom stereocenters. The fourth-order valence-corrected chi connectivity index (χ4v) is 1.66. The summed E-state index contributed by atoms with van der Waals surface area (Å²) in [6.45, 7) is 3.79. The maximum atomic E-state index is 5.17. The molecule has 0 bridgehead atoms. The second-order valence-electron chi connectivity index (χ2n) is 4.00. The van der Waals surface area contributed by atoms with Gasteiger partial charge in [0.15, 0.2) is 5.76 Å². The van der Waals surface area contributed by atoms with Crippen molar-refractivity contribution in [1.29, 1.82) is 0 Å². The number of aromatic nitrogens is 4. The molecule has 96 valence electrons. The van der Waals surface area contributed by atoms with E-state index < -0.39 is 0 Å². The van der Waals surface area contributed by atoms with Gasteiger partial charge in [-0.1, -0.05) is 0 Å². The van der Waals surface area contributed by atoms with Crippen molar-refractivity contribution in [3.8, 4) is 11.7 Å². The maximum absolute atomic E-state index is 5.17. The van der Waals surface area contributed by atoms with Crippen LogP contribution in [0, 0.1) is 13.8 Å². The Bertz CT molecular complexity index is 670. The average Bonchev–Trinajstić information content (AvgIpc) is 2.96. The molecule has 7 heteroatoms. The Morgan fingerprint density at radius 2 is 1.84 bits per heavy atom. The molecule has 0 saturated heterocycles. The minimum Gasteiger partial charge on any atom is -0.459 e. The molecule has 3 aromatic heterocycles. The van der Waals surface area contributed by atoms with E-state index in [9.17, 15) is 0 Å². The lowest BCUT2D eigenvalue weighted by Crippen LogP contribution is -2.01. The molecule has 0 spiro atoms. The highest BCUT2D eigenvalue weighted by Crippen LogP contribution is 2.19. The lowest BCUT2D eigenvalue weighted by Gasteiger charge is -2.01. The van der Waals surface area contributed by atoms with Crippen LogP contribution >= 0.6 is 0 Å². The molecule has 1 N–H and O–H groups in total. The van der Waals surface area contributed by atoms with Gasteiger partial charge >= 0.3 is 0 Å². The van der Waals surface area contributed by atoms with Crippen molar-refractivity contribution in [2.75, 3.05) is 5.32 Å². The standard InChI is InChI=1S/C12H11N5O2/c1-7-6-8(2)14-11(13-7)16-12-15-10(19-17-12)9-4-3-5-18-9/h3-6H,1-2H3,(H,13,14,16,17). The number of anilines is 2. The zero-order valence-electron chi connectivity index (χ0n) is 10.4. The van der Waals surface area contributed by atoms with Gasteiger partial charge in [0, 0.05) is 11.4 Å². The fourth-order valence-electron chi connectivity index (χ4n) is 1.66. The normalized spacial score (nSPS) is 10.6. The predicted octanol–water partition coefficient (Wildman–Crippen LogP) is 2.48. The van der Waals surface area contributed by atoms with Crippen molar-refractivity contribution in [3.05, 3.63) is 35.9 Å². The molecule has 7 nitrogen and oxygen atoms in total. The molecule has 0 aliphatic rings. The van der Waals surface area contributed by atoms with Gasteiger partial charge in [-0.2, -0.15) is 4.98 Å². The molecule has 0 aliphatic carbocycles. The molecule has 0 saturated carbocycles. The van der Waals surface area contributed by atoms with Gasteiger partial charge in [0.25, 0.3) is 11.8 Å². The van der Waals surface area contributed by atoms with E-state index in [1.807, 2.05) is 19.9 Å². The van der Waals surface area contributed by atoms with Gasteiger partial charge in [0.05, 0.1) is 6.26 Å². The molecule has 0 atom stereocenters. The fraction of sp³-hybridized carbons (Fsp3) is 0.167. The van der Waals surface area contributed by atoms with Gasteiger partial charge < -0.3 is 8.94 Å². The van der Waals surface area contributed by atoms with Gasteiger partial charge in [-0.3, -0.25) is 5.32 Å². The first-order chi connectivity index (χ1) is 9.20. The van der Waals surface area contributed by atoms with Crippen LogP contribution in [0.3, 0.4) is 0 Å². The Morgan fingerprint density at radius 3 is 2.53 bits per heavy atom. The van der Waals surface area contributed by atoms with E-state index in [1.54, 1.807) is 18.4 Å². The Morgan fingerprint density at radius 1 is 1.05 bits per heavy atom. The summed E-state index contributed by atoms with van der Waals surface area (Å²) in [5.74, 6) is 1.54. The highest BCUT2D eigenvalue weighted by atomic mass is 16.5. The number of furan rings is 1. The molecular formula is C12H11N5O2. The van der Waals surface area contributed by atoms with Crippen LogP contribution in [-0.4, -0.2) is 20.1 Å². The molecule has 0 aromatic carbocycles. The molecule has 19 heavy (non-hydrogen) atoms. The smallest absolute Gasteiger partial charge is 0.295 e. The van der Waals surface area contributed by atoms with Crippen LogP contribution in [0.2, 0.25) is 0 Å². The van der Waals surface area contributed by atoms with Crippen LogP contribution in [0.4, 0.5) is 11.9 Å². The summed E-state index contributed by atoms with van der Waals surface area (Å²) in [4.78, 5) is 12.6. The van der Waals surface area contributed by atoms with Crippen LogP contribution in [0.15, 0.2) is 33.4 Å². The zero-order valence-corrected chi connectivity index (χ0v) is 10.4. The minimum atomic E-state index is 0.288. The third kappa shape index (κ3) is 2.44. The third-order valence-corrected chi connectivity index (χ3v) is 2.36. The molecule has 0 aliphatic heterocycles. The summed E-state index contributed by atoms with van der Waals surface area (Å²) in [6, 6.07) is 5.37. The molecule has 0 radical (unpaired) electrons. The first-order valence-electron chi connectivity index (χ1n) is 5.67. The first kappa shape index (κ1) is 11.4. The van der Waals surface area contributed by atoms with E-state index in [1.165, 1.54) is 0 Å². The number of hydrogen-bond acceptors (Lipinski definition) is 7. The van der Waals surface area contributed by atoms with Gasteiger partial charge in [-0.25, -0.2) is 9.97 Å². The number of hydrogen-bond donors (Lipinski definition) is 1. The summed E-state index contributed by atoms with van der Waals surface area (Å²) in [6.07, 6.45) is 1.54. The van der Waals surface area contributed by atoms with Crippen LogP contribution < -0.4 is 5.32 Å². The van der Waals surface area contributed by atoms with Crippen molar-refractivity contribution >= 4 is 11.9 Å². The summed E-state index contributed by atoms with van der Waals surface area (Å²) >= 11 is 0. The first-order valence-corrected chi connectivity index (χ1v) is 5.67. The van der Waals surface area contributed by atoms with Crippen molar-refractivity contribution in [2.24, 2.45) is 0 Å². The molecular weight excluding hydrogens is 246 g/mol. The monoisotopic (exact) mass is 257 g/mol. The number of aryl methyl sites for hydroxylation is 2. The van der Waals surface area contributed by atoms with Crippen LogP contribution in [0.25, 0.3) is 11.7 Å². The molecule has 3 heterocycles. The van der Waals surface area contributed by atoms with E-state index in [0.29, 0.717) is 17.6 Å². The average molecular weight is 257 g/mol. The Balaban J connectivity index is 1.84. The number of nitrogens with zero attached hydrogens (tertiary/aromatic N) is 4. The largest absolute Gasteiger partial charge is 0.459 e. The lowest BCUT2D eigenvalue weighted by molar-refractivity contribution is 0.417. The van der Waals surface area contributed by atoms with Gasteiger partial charge in [0.1, 0.15) is 0 Å². The molecule has 0 amide bonds. The van der Waals surface area contributed by atoms with Crippen LogP contribution in [0.1, 0.15) is 11.4 Å². The van der Waals surface area contributed by atoms with Crippen molar-refractivity contribution in [2.45, 2.75) is 13.8 Å². The topological polar surface area (TPSA) is 89.9 Å². The number of rotatable bonds is 3. The number of nitrogens with one attached hydrogen (secondary N) is 1. The van der Waals surface area contributed by atoms with Crippen molar-refractivity contribution in [3.63, 3.8) is 0 Å². The summed E-state index contributed by atoms with van der Waals surface area (Å²) in [7, 11) is 0. The Hall–Kier alpha value is -2.70. The van der Waals surface area contributed by atoms with Crippen LogP contribution in [0.5, 0.6) is 0 Å². The van der Waals surface area contributed by atoms with E-state index in [2.05, 4.69) is 25.4 Å². The SMILES string of the molecule is Cc1cc(C)nc(Nc2noc(-c3ccco3)n2)n1. The quantitative estimate of drug-likeness (QED) is 0.770. The summed E-state index contributed by atoms with van der Waals surface area (Å²) < 4.78 is 10.2. The van der Waals surface area contributed by atoms with Gasteiger partial charge in [-0.05, 0) is 37.2 Å². The van der Waals surface area contributed by atoms with Crippen molar-refractivity contribution in [1.82, 2.24) is 20.1 Å². The molecule has 0 fully saturated rings.